The Bertz CT molecular complexity index is 872. The van der Waals surface area contributed by atoms with Crippen molar-refractivity contribution in [3.63, 3.8) is 0 Å². The largest absolute Gasteiger partial charge is 0.322 e. The van der Waals surface area contributed by atoms with Crippen molar-refractivity contribution in [3.8, 4) is 5.82 Å². The fourth-order valence-electron chi connectivity index (χ4n) is 2.13. The van der Waals surface area contributed by atoms with Gasteiger partial charge in [0.2, 0.25) is 0 Å². The molecule has 0 bridgehead atoms. The maximum absolute atomic E-state index is 13.6. The van der Waals surface area contributed by atoms with Crippen molar-refractivity contribution < 1.29 is 4.39 Å². The Balaban J connectivity index is 2.50. The average Bonchev–Trinajstić information content (AvgIpc) is 2.96. The molecule has 0 aliphatic carbocycles. The lowest BCUT2D eigenvalue weighted by atomic mass is 10.2. The Morgan fingerprint density at radius 3 is 2.81 bits per heavy atom. The van der Waals surface area contributed by atoms with Crippen molar-refractivity contribution in [3.05, 3.63) is 51.4 Å². The third-order valence-electron chi connectivity index (χ3n) is 3.08. The van der Waals surface area contributed by atoms with Crippen LogP contribution in [0.2, 0.25) is 5.02 Å². The van der Waals surface area contributed by atoms with Crippen molar-refractivity contribution in [1.29, 1.82) is 0 Å². The molecule has 0 aliphatic heterocycles. The first kappa shape index (κ1) is 13.7. The molecule has 0 saturated carbocycles. The van der Waals surface area contributed by atoms with E-state index in [4.69, 9.17) is 17.3 Å². The Hall–Kier alpha value is -2.25. The molecule has 3 rings (SSSR count). The third-order valence-corrected chi connectivity index (χ3v) is 3.45. The normalized spacial score (nSPS) is 12.8. The van der Waals surface area contributed by atoms with Crippen LogP contribution in [-0.4, -0.2) is 19.7 Å². The van der Waals surface area contributed by atoms with E-state index in [2.05, 4.69) is 15.2 Å². The number of benzene rings is 1. The van der Waals surface area contributed by atoms with Gasteiger partial charge in [0.05, 0.1) is 22.0 Å². The molecule has 2 aromatic heterocycles. The summed E-state index contributed by atoms with van der Waals surface area (Å²) in [6.07, 6.45) is 1.56. The van der Waals surface area contributed by atoms with Crippen LogP contribution in [0.25, 0.3) is 16.7 Å². The highest BCUT2D eigenvalue weighted by molar-refractivity contribution is 6.35. The van der Waals surface area contributed by atoms with Crippen LogP contribution in [0.3, 0.4) is 0 Å². The number of rotatable bonds is 2. The smallest absolute Gasteiger partial charge is 0.268 e. The first-order valence-corrected chi connectivity index (χ1v) is 6.55. The Morgan fingerprint density at radius 1 is 1.43 bits per heavy atom. The van der Waals surface area contributed by atoms with Gasteiger partial charge in [-0.1, -0.05) is 11.6 Å². The van der Waals surface area contributed by atoms with Gasteiger partial charge in [0.25, 0.3) is 5.56 Å². The summed E-state index contributed by atoms with van der Waals surface area (Å²) in [5.41, 5.74) is 5.67. The predicted molar refractivity (Wildman–Crippen MR) is 77.1 cm³/mol. The highest BCUT2D eigenvalue weighted by Gasteiger charge is 2.19. The zero-order valence-corrected chi connectivity index (χ0v) is 11.7. The summed E-state index contributed by atoms with van der Waals surface area (Å²) in [6.45, 7) is 1.70. The minimum atomic E-state index is -0.676. The molecule has 3 N–H and O–H groups in total. The first-order chi connectivity index (χ1) is 10.0. The molecular formula is C13H11ClFN5O. The summed E-state index contributed by atoms with van der Waals surface area (Å²) in [5.74, 6) is -0.0329. The van der Waals surface area contributed by atoms with Gasteiger partial charge < -0.3 is 5.73 Å². The predicted octanol–water partition coefficient (Wildman–Crippen LogP) is 1.92. The van der Waals surface area contributed by atoms with E-state index in [1.165, 1.54) is 16.7 Å². The molecular weight excluding hydrogens is 297 g/mol. The van der Waals surface area contributed by atoms with E-state index in [0.717, 1.165) is 0 Å². The van der Waals surface area contributed by atoms with Gasteiger partial charge in [0, 0.05) is 12.3 Å². The van der Waals surface area contributed by atoms with Crippen LogP contribution >= 0.6 is 11.6 Å². The highest BCUT2D eigenvalue weighted by Crippen LogP contribution is 2.24. The summed E-state index contributed by atoms with van der Waals surface area (Å²) < 4.78 is 14.8. The molecule has 21 heavy (non-hydrogen) atoms. The molecule has 6 nitrogen and oxygen atoms in total. The number of nitrogens with two attached hydrogens (primary N) is 1. The molecule has 2 heterocycles. The van der Waals surface area contributed by atoms with E-state index in [9.17, 15) is 9.18 Å². The Kier molecular flexibility index (Phi) is 3.23. The Morgan fingerprint density at radius 2 is 2.19 bits per heavy atom. The standard InChI is InChI=1S/C13H11ClFN5O/c1-6(16)12-18-8-3-2-7(15)11(14)10(8)13(21)20(12)9-4-5-17-19-9/h2-6H,16H2,1H3,(H,17,19)/t6-/m0/s1. The summed E-state index contributed by atoms with van der Waals surface area (Å²) >= 11 is 5.91. The number of aromatic nitrogens is 4. The van der Waals surface area contributed by atoms with Crippen molar-refractivity contribution in [2.24, 2.45) is 5.73 Å². The van der Waals surface area contributed by atoms with Gasteiger partial charge in [-0.25, -0.2) is 13.9 Å². The first-order valence-electron chi connectivity index (χ1n) is 6.17. The number of H-pyrrole nitrogens is 1. The highest BCUT2D eigenvalue weighted by atomic mass is 35.5. The summed E-state index contributed by atoms with van der Waals surface area (Å²) in [4.78, 5) is 17.0. The van der Waals surface area contributed by atoms with Crippen LogP contribution in [0.4, 0.5) is 4.39 Å². The van der Waals surface area contributed by atoms with E-state index in [1.54, 1.807) is 19.2 Å². The molecule has 3 aromatic rings. The summed E-state index contributed by atoms with van der Waals surface area (Å²) in [7, 11) is 0. The van der Waals surface area contributed by atoms with Crippen molar-refractivity contribution in [2.45, 2.75) is 13.0 Å². The lowest BCUT2D eigenvalue weighted by molar-refractivity contribution is 0.629. The molecule has 1 aromatic carbocycles. The van der Waals surface area contributed by atoms with Gasteiger partial charge in [-0.15, -0.1) is 0 Å². The molecule has 8 heteroatoms. The maximum Gasteiger partial charge on any atom is 0.268 e. The maximum atomic E-state index is 13.6. The Labute approximate surface area is 123 Å². The topological polar surface area (TPSA) is 89.6 Å². The van der Waals surface area contributed by atoms with Crippen LogP contribution < -0.4 is 11.3 Å². The van der Waals surface area contributed by atoms with E-state index in [-0.39, 0.29) is 10.4 Å². The number of nitrogens with zero attached hydrogens (tertiary/aromatic N) is 3. The number of aromatic amines is 1. The number of nitrogens with one attached hydrogen (secondary N) is 1. The van der Waals surface area contributed by atoms with Gasteiger partial charge in [-0.05, 0) is 19.1 Å². The van der Waals surface area contributed by atoms with Gasteiger partial charge in [-0.3, -0.25) is 9.89 Å². The van der Waals surface area contributed by atoms with Crippen LogP contribution in [0.15, 0.2) is 29.2 Å². The van der Waals surface area contributed by atoms with Gasteiger partial charge >= 0.3 is 0 Å². The number of halogens is 2. The SMILES string of the molecule is C[C@H](N)c1nc2ccc(F)c(Cl)c2c(=O)n1-c1cc[nH]n1. The third kappa shape index (κ3) is 2.10. The lowest BCUT2D eigenvalue weighted by Crippen LogP contribution is -2.28. The molecule has 0 fully saturated rings. The molecule has 0 radical (unpaired) electrons. The number of hydrogen-bond acceptors (Lipinski definition) is 4. The molecule has 0 amide bonds. The average molecular weight is 308 g/mol. The molecule has 1 atom stereocenters. The zero-order chi connectivity index (χ0) is 15.1. The van der Waals surface area contributed by atoms with Gasteiger partial charge in [0.1, 0.15) is 11.6 Å². The van der Waals surface area contributed by atoms with Crippen LogP contribution in [-0.2, 0) is 0 Å². The van der Waals surface area contributed by atoms with E-state index in [0.29, 0.717) is 17.2 Å². The zero-order valence-electron chi connectivity index (χ0n) is 11.0. The lowest BCUT2D eigenvalue weighted by Gasteiger charge is -2.14. The van der Waals surface area contributed by atoms with E-state index in [1.807, 2.05) is 0 Å². The van der Waals surface area contributed by atoms with Crippen molar-refractivity contribution in [2.75, 3.05) is 0 Å². The van der Waals surface area contributed by atoms with Gasteiger partial charge in [0.15, 0.2) is 5.82 Å². The van der Waals surface area contributed by atoms with E-state index >= 15 is 0 Å². The molecule has 0 aliphatic rings. The fourth-order valence-corrected chi connectivity index (χ4v) is 2.37. The molecule has 108 valence electrons. The molecule has 0 saturated heterocycles. The second-order valence-electron chi connectivity index (χ2n) is 4.59. The monoisotopic (exact) mass is 307 g/mol. The van der Waals surface area contributed by atoms with Gasteiger partial charge in [-0.2, -0.15) is 5.10 Å². The van der Waals surface area contributed by atoms with Crippen molar-refractivity contribution in [1.82, 2.24) is 19.7 Å². The summed E-state index contributed by atoms with van der Waals surface area (Å²) in [6, 6.07) is 3.65. The quantitative estimate of drug-likeness (QED) is 0.757. The molecule has 0 unspecified atom stereocenters. The fraction of sp³-hybridized carbons (Fsp3) is 0.154. The summed E-state index contributed by atoms with van der Waals surface area (Å²) in [5, 5.41) is 6.31. The minimum Gasteiger partial charge on any atom is -0.322 e. The van der Waals surface area contributed by atoms with E-state index < -0.39 is 17.4 Å². The number of hydrogen-bond donors (Lipinski definition) is 2. The van der Waals surface area contributed by atoms with Crippen LogP contribution in [0, 0.1) is 5.82 Å². The van der Waals surface area contributed by atoms with Crippen LogP contribution in [0.5, 0.6) is 0 Å². The molecule has 0 spiro atoms. The second kappa shape index (κ2) is 4.94. The minimum absolute atomic E-state index is 0.00377. The van der Waals surface area contributed by atoms with Crippen LogP contribution in [0.1, 0.15) is 18.8 Å². The number of fused-ring (bicyclic) bond motifs is 1. The second-order valence-corrected chi connectivity index (χ2v) is 4.97. The van der Waals surface area contributed by atoms with Crippen molar-refractivity contribution >= 4 is 22.5 Å².